The first-order valence-corrected chi connectivity index (χ1v) is 7.15. The van der Waals surface area contributed by atoms with Gasteiger partial charge in [0, 0.05) is 25.4 Å². The van der Waals surface area contributed by atoms with Crippen molar-refractivity contribution >= 4 is 11.7 Å². The van der Waals surface area contributed by atoms with E-state index in [2.05, 4.69) is 5.32 Å². The fourth-order valence-corrected chi connectivity index (χ4v) is 2.62. The normalized spacial score (nSPS) is 19.1. The highest BCUT2D eigenvalue weighted by atomic mass is 19.4. The number of carbonyl (C=O) groups is 1. The molecule has 2 rings (SSSR count). The summed E-state index contributed by atoms with van der Waals surface area (Å²) in [5.41, 5.74) is -0.227. The number of halogens is 3. The fourth-order valence-electron chi connectivity index (χ4n) is 2.62. The molecule has 1 aliphatic heterocycles. The fraction of sp³-hybridized carbons (Fsp3) is 0.533. The van der Waals surface area contributed by atoms with Crippen molar-refractivity contribution in [2.45, 2.75) is 25.9 Å². The number of piperidine rings is 1. The predicted molar refractivity (Wildman–Crippen MR) is 76.6 cm³/mol. The van der Waals surface area contributed by atoms with Crippen LogP contribution in [0.15, 0.2) is 18.2 Å². The van der Waals surface area contributed by atoms with Gasteiger partial charge >= 0.3 is 12.2 Å². The SMILES string of the molecule is Cc1cc(NC(=O)N2CCC[C@H](CO)C2)cc(C(F)(F)F)c1. The second-order valence-corrected chi connectivity index (χ2v) is 5.65. The Morgan fingerprint density at radius 1 is 1.41 bits per heavy atom. The van der Waals surface area contributed by atoms with E-state index in [4.69, 9.17) is 5.11 Å². The molecule has 7 heteroatoms. The molecule has 0 spiro atoms. The van der Waals surface area contributed by atoms with Crippen molar-refractivity contribution in [1.29, 1.82) is 0 Å². The van der Waals surface area contributed by atoms with E-state index in [1.165, 1.54) is 11.0 Å². The van der Waals surface area contributed by atoms with Crippen molar-refractivity contribution in [3.63, 3.8) is 0 Å². The van der Waals surface area contributed by atoms with Crippen molar-refractivity contribution in [2.24, 2.45) is 5.92 Å². The molecule has 2 amide bonds. The van der Waals surface area contributed by atoms with Gasteiger partial charge < -0.3 is 15.3 Å². The summed E-state index contributed by atoms with van der Waals surface area (Å²) < 4.78 is 38.4. The number of nitrogens with one attached hydrogen (secondary N) is 1. The molecule has 2 N–H and O–H groups in total. The van der Waals surface area contributed by atoms with Gasteiger partial charge in [0.1, 0.15) is 0 Å². The van der Waals surface area contributed by atoms with Gasteiger partial charge in [-0.05, 0) is 49.4 Å². The summed E-state index contributed by atoms with van der Waals surface area (Å²) >= 11 is 0. The zero-order chi connectivity index (χ0) is 16.3. The van der Waals surface area contributed by atoms with Crippen LogP contribution in [0.5, 0.6) is 0 Å². The lowest BCUT2D eigenvalue weighted by Crippen LogP contribution is -2.43. The van der Waals surface area contributed by atoms with Gasteiger partial charge in [0.15, 0.2) is 0 Å². The summed E-state index contributed by atoms with van der Waals surface area (Å²) in [7, 11) is 0. The topological polar surface area (TPSA) is 52.6 Å². The van der Waals surface area contributed by atoms with Gasteiger partial charge in [0.2, 0.25) is 0 Å². The Kier molecular flexibility index (Phi) is 4.95. The van der Waals surface area contributed by atoms with Gasteiger partial charge in [-0.3, -0.25) is 0 Å². The Bertz CT molecular complexity index is 546. The standard InChI is InChI=1S/C15H19F3N2O2/c1-10-5-12(15(16,17)18)7-13(6-10)19-14(22)20-4-2-3-11(8-20)9-21/h5-7,11,21H,2-4,8-9H2,1H3,(H,19,22)/t11-/m0/s1. The predicted octanol–water partition coefficient (Wildman–Crippen LogP) is 3.25. The summed E-state index contributed by atoms with van der Waals surface area (Å²) in [6, 6.07) is 3.04. The van der Waals surface area contributed by atoms with E-state index in [0.717, 1.165) is 25.0 Å². The largest absolute Gasteiger partial charge is 0.416 e. The monoisotopic (exact) mass is 316 g/mol. The van der Waals surface area contributed by atoms with E-state index < -0.39 is 17.8 Å². The van der Waals surface area contributed by atoms with Crippen molar-refractivity contribution < 1.29 is 23.1 Å². The average Bonchev–Trinajstić information content (AvgIpc) is 2.45. The molecule has 122 valence electrons. The number of aliphatic hydroxyl groups is 1. The Morgan fingerprint density at radius 2 is 2.14 bits per heavy atom. The second kappa shape index (κ2) is 6.56. The molecule has 22 heavy (non-hydrogen) atoms. The average molecular weight is 316 g/mol. The van der Waals surface area contributed by atoms with Crippen LogP contribution < -0.4 is 5.32 Å². The Labute approximate surface area is 126 Å². The molecule has 1 fully saturated rings. The molecule has 0 aliphatic carbocycles. The number of carbonyl (C=O) groups excluding carboxylic acids is 1. The molecule has 1 saturated heterocycles. The molecular formula is C15H19F3N2O2. The minimum atomic E-state index is -4.45. The smallest absolute Gasteiger partial charge is 0.396 e. The first-order valence-electron chi connectivity index (χ1n) is 7.15. The number of urea groups is 1. The molecule has 0 bridgehead atoms. The maximum absolute atomic E-state index is 12.8. The van der Waals surface area contributed by atoms with Crippen LogP contribution in [-0.2, 0) is 6.18 Å². The summed E-state index contributed by atoms with van der Waals surface area (Å²) in [4.78, 5) is 13.7. The van der Waals surface area contributed by atoms with E-state index in [1.807, 2.05) is 0 Å². The van der Waals surface area contributed by atoms with Crippen molar-refractivity contribution in [2.75, 3.05) is 25.0 Å². The lowest BCUT2D eigenvalue weighted by Gasteiger charge is -2.31. The van der Waals surface area contributed by atoms with Gasteiger partial charge in [-0.2, -0.15) is 13.2 Å². The maximum Gasteiger partial charge on any atom is 0.416 e. The van der Waals surface area contributed by atoms with Crippen LogP contribution >= 0.6 is 0 Å². The lowest BCUT2D eigenvalue weighted by atomic mass is 9.99. The molecule has 1 aromatic carbocycles. The van der Waals surface area contributed by atoms with Crippen molar-refractivity contribution in [1.82, 2.24) is 4.90 Å². The Hall–Kier alpha value is -1.76. The van der Waals surface area contributed by atoms with E-state index in [-0.39, 0.29) is 18.2 Å². The molecule has 0 aromatic heterocycles. The van der Waals surface area contributed by atoms with E-state index >= 15 is 0 Å². The number of rotatable bonds is 2. The molecular weight excluding hydrogens is 297 g/mol. The summed E-state index contributed by atoms with van der Waals surface area (Å²) in [6.07, 6.45) is -2.82. The van der Waals surface area contributed by atoms with E-state index in [9.17, 15) is 18.0 Å². The van der Waals surface area contributed by atoms with E-state index in [0.29, 0.717) is 18.7 Å². The van der Waals surface area contributed by atoms with Crippen LogP contribution in [0.25, 0.3) is 0 Å². The number of likely N-dealkylation sites (tertiary alicyclic amines) is 1. The van der Waals surface area contributed by atoms with Gasteiger partial charge in [-0.15, -0.1) is 0 Å². The number of hydrogen-bond acceptors (Lipinski definition) is 2. The highest BCUT2D eigenvalue weighted by Crippen LogP contribution is 2.32. The zero-order valence-corrected chi connectivity index (χ0v) is 12.3. The van der Waals surface area contributed by atoms with Gasteiger partial charge in [0.25, 0.3) is 0 Å². The number of anilines is 1. The first-order chi connectivity index (χ1) is 10.3. The summed E-state index contributed by atoms with van der Waals surface area (Å²) in [5.74, 6) is 0.0303. The van der Waals surface area contributed by atoms with Crippen LogP contribution in [-0.4, -0.2) is 35.7 Å². The number of aliphatic hydroxyl groups excluding tert-OH is 1. The Morgan fingerprint density at radius 3 is 2.77 bits per heavy atom. The number of aryl methyl sites for hydroxylation is 1. The summed E-state index contributed by atoms with van der Waals surface area (Å²) in [5, 5.41) is 11.7. The van der Waals surface area contributed by atoms with Gasteiger partial charge in [-0.1, -0.05) is 0 Å². The van der Waals surface area contributed by atoms with Gasteiger partial charge in [-0.25, -0.2) is 4.79 Å². The number of amides is 2. The minimum Gasteiger partial charge on any atom is -0.396 e. The number of nitrogens with zero attached hydrogens (tertiary/aromatic N) is 1. The third kappa shape index (κ3) is 4.13. The molecule has 1 aromatic rings. The number of alkyl halides is 3. The van der Waals surface area contributed by atoms with Crippen molar-refractivity contribution in [3.05, 3.63) is 29.3 Å². The number of benzene rings is 1. The zero-order valence-electron chi connectivity index (χ0n) is 12.3. The second-order valence-electron chi connectivity index (χ2n) is 5.65. The molecule has 0 unspecified atom stereocenters. The molecule has 0 saturated carbocycles. The molecule has 1 heterocycles. The highest BCUT2D eigenvalue weighted by molar-refractivity contribution is 5.89. The quantitative estimate of drug-likeness (QED) is 0.880. The first kappa shape index (κ1) is 16.6. The molecule has 0 radical (unpaired) electrons. The van der Waals surface area contributed by atoms with Crippen LogP contribution in [0.4, 0.5) is 23.7 Å². The third-order valence-corrected chi connectivity index (χ3v) is 3.72. The minimum absolute atomic E-state index is 0.00640. The summed E-state index contributed by atoms with van der Waals surface area (Å²) in [6.45, 7) is 2.51. The maximum atomic E-state index is 12.8. The number of hydrogen-bond donors (Lipinski definition) is 2. The lowest BCUT2D eigenvalue weighted by molar-refractivity contribution is -0.137. The van der Waals surface area contributed by atoms with Crippen LogP contribution in [0.3, 0.4) is 0 Å². The van der Waals surface area contributed by atoms with Crippen LogP contribution in [0.2, 0.25) is 0 Å². The third-order valence-electron chi connectivity index (χ3n) is 3.72. The van der Waals surface area contributed by atoms with Crippen molar-refractivity contribution in [3.8, 4) is 0 Å². The molecule has 1 atom stereocenters. The van der Waals surface area contributed by atoms with Crippen LogP contribution in [0.1, 0.15) is 24.0 Å². The van der Waals surface area contributed by atoms with Gasteiger partial charge in [0.05, 0.1) is 5.56 Å². The highest BCUT2D eigenvalue weighted by Gasteiger charge is 2.31. The molecule has 4 nitrogen and oxygen atoms in total. The van der Waals surface area contributed by atoms with Crippen LogP contribution in [0, 0.1) is 12.8 Å². The van der Waals surface area contributed by atoms with E-state index in [1.54, 1.807) is 6.92 Å². The Balaban J connectivity index is 2.10. The molecule has 1 aliphatic rings.